The summed E-state index contributed by atoms with van der Waals surface area (Å²) < 4.78 is 0. The lowest BCUT2D eigenvalue weighted by Gasteiger charge is -2.37. The smallest absolute Gasteiger partial charge is 0.272 e. The first-order valence-electron chi connectivity index (χ1n) is 13.2. The van der Waals surface area contributed by atoms with E-state index in [1.807, 2.05) is 17.0 Å². The molecule has 9 heteroatoms. The molecule has 1 atom stereocenters. The van der Waals surface area contributed by atoms with Crippen LogP contribution in [0.2, 0.25) is 0 Å². The molecule has 6 rings (SSSR count). The van der Waals surface area contributed by atoms with Gasteiger partial charge in [-0.15, -0.1) is 0 Å². The van der Waals surface area contributed by atoms with Crippen LogP contribution in [0.3, 0.4) is 0 Å². The van der Waals surface area contributed by atoms with Gasteiger partial charge in [-0.25, -0.2) is 0 Å². The molecule has 37 heavy (non-hydrogen) atoms. The predicted octanol–water partition coefficient (Wildman–Crippen LogP) is 2.67. The summed E-state index contributed by atoms with van der Waals surface area (Å²) in [4.78, 5) is 35.0. The fourth-order valence-electron chi connectivity index (χ4n) is 5.42. The molecule has 5 heterocycles. The van der Waals surface area contributed by atoms with Crippen molar-refractivity contribution >= 4 is 23.5 Å². The van der Waals surface area contributed by atoms with Crippen molar-refractivity contribution in [2.45, 2.75) is 32.4 Å². The van der Waals surface area contributed by atoms with Crippen molar-refractivity contribution in [3.63, 3.8) is 0 Å². The van der Waals surface area contributed by atoms with E-state index in [1.54, 1.807) is 6.20 Å². The number of hydrogen-bond acceptors (Lipinski definition) is 8. The quantitative estimate of drug-likeness (QED) is 0.587. The molecule has 1 amide bonds. The first-order valence-corrected chi connectivity index (χ1v) is 13.2. The number of anilines is 3. The Morgan fingerprint density at radius 1 is 0.919 bits per heavy atom. The van der Waals surface area contributed by atoms with Gasteiger partial charge in [0.25, 0.3) is 5.91 Å². The number of likely N-dealkylation sites (N-methyl/N-ethyl adjacent to an activating group) is 1. The number of hydrogen-bond donors (Lipinski definition) is 1. The number of carbonyl (C=O) groups is 1. The molecule has 3 aliphatic rings. The van der Waals surface area contributed by atoms with Gasteiger partial charge in [0.15, 0.2) is 0 Å². The Morgan fingerprint density at radius 2 is 1.68 bits per heavy atom. The predicted molar refractivity (Wildman–Crippen MR) is 146 cm³/mol. The molecule has 0 radical (unpaired) electrons. The van der Waals surface area contributed by atoms with Crippen molar-refractivity contribution in [1.29, 1.82) is 0 Å². The number of pyridine rings is 1. The Morgan fingerprint density at radius 3 is 2.43 bits per heavy atom. The maximum Gasteiger partial charge on any atom is 0.272 e. The first-order chi connectivity index (χ1) is 17.9. The molecule has 0 spiro atoms. The molecule has 192 valence electrons. The summed E-state index contributed by atoms with van der Waals surface area (Å²) in [7, 11) is 2.15. The van der Waals surface area contributed by atoms with Crippen LogP contribution in [0.4, 0.5) is 17.6 Å². The number of amides is 1. The number of nitrogens with two attached hydrogens (primary N) is 1. The van der Waals surface area contributed by atoms with Gasteiger partial charge in [0.1, 0.15) is 17.3 Å². The zero-order valence-corrected chi connectivity index (χ0v) is 21.6. The van der Waals surface area contributed by atoms with Gasteiger partial charge in [-0.1, -0.05) is 12.1 Å². The lowest BCUT2D eigenvalue weighted by molar-refractivity contribution is 0.0645. The van der Waals surface area contributed by atoms with Crippen LogP contribution >= 0.6 is 0 Å². The molecular formula is C28H34N8O. The van der Waals surface area contributed by atoms with Crippen molar-refractivity contribution in [2.75, 3.05) is 61.8 Å². The minimum absolute atomic E-state index is 0.0172. The summed E-state index contributed by atoms with van der Waals surface area (Å²) in [5.41, 5.74) is 11.4. The summed E-state index contributed by atoms with van der Waals surface area (Å²) in [5, 5.41) is 0. The molecule has 9 nitrogen and oxygen atoms in total. The van der Waals surface area contributed by atoms with E-state index in [4.69, 9.17) is 5.73 Å². The van der Waals surface area contributed by atoms with Gasteiger partial charge in [-0.05, 0) is 67.3 Å². The Hall–Kier alpha value is -3.72. The summed E-state index contributed by atoms with van der Waals surface area (Å²) in [5.74, 6) is 2.10. The molecule has 0 saturated carbocycles. The van der Waals surface area contributed by atoms with Crippen molar-refractivity contribution in [1.82, 2.24) is 24.8 Å². The molecule has 2 aromatic heterocycles. The van der Waals surface area contributed by atoms with E-state index >= 15 is 0 Å². The first kappa shape index (κ1) is 23.7. The minimum Gasteiger partial charge on any atom is -0.368 e. The molecule has 3 aromatic rings. The van der Waals surface area contributed by atoms with E-state index in [9.17, 15) is 4.79 Å². The minimum atomic E-state index is 0.0172. The van der Waals surface area contributed by atoms with Crippen LogP contribution in [0.1, 0.15) is 35.0 Å². The van der Waals surface area contributed by atoms with E-state index in [0.29, 0.717) is 11.6 Å². The molecule has 0 bridgehead atoms. The fourth-order valence-corrected chi connectivity index (χ4v) is 5.42. The number of carbonyl (C=O) groups excluding carboxylic acids is 1. The van der Waals surface area contributed by atoms with Gasteiger partial charge in [0.05, 0.1) is 0 Å². The van der Waals surface area contributed by atoms with Crippen LogP contribution in [-0.2, 0) is 13.0 Å². The lowest BCUT2D eigenvalue weighted by Crippen LogP contribution is -2.45. The number of nitrogen functional groups attached to an aromatic ring is 1. The van der Waals surface area contributed by atoms with E-state index in [1.165, 1.54) is 11.1 Å². The van der Waals surface area contributed by atoms with Crippen molar-refractivity contribution in [2.24, 2.45) is 0 Å². The number of benzene rings is 1. The number of fused-ring (bicyclic) bond motifs is 1. The monoisotopic (exact) mass is 498 g/mol. The highest BCUT2D eigenvalue weighted by Crippen LogP contribution is 2.32. The van der Waals surface area contributed by atoms with E-state index in [0.717, 1.165) is 81.4 Å². The Bertz CT molecular complexity index is 1320. The molecule has 3 aliphatic heterocycles. The summed E-state index contributed by atoms with van der Waals surface area (Å²) in [6, 6.07) is 12.9. The SMILES string of the molecule is CC1Cc2ccc(-c3ccnc(C(=O)N4CCC4)c3)cc2CN1c1cc(N2CCN(C)CC2)nc(N)n1. The Kier molecular flexibility index (Phi) is 6.16. The maximum absolute atomic E-state index is 12.7. The Balaban J connectivity index is 1.26. The van der Waals surface area contributed by atoms with Crippen LogP contribution in [0.15, 0.2) is 42.6 Å². The molecule has 2 fully saturated rings. The van der Waals surface area contributed by atoms with Crippen LogP contribution in [-0.4, -0.2) is 83.0 Å². The van der Waals surface area contributed by atoms with Gasteiger partial charge >= 0.3 is 0 Å². The van der Waals surface area contributed by atoms with E-state index in [-0.39, 0.29) is 11.9 Å². The molecule has 1 aromatic carbocycles. The third kappa shape index (κ3) is 4.71. The second-order valence-corrected chi connectivity index (χ2v) is 10.5. The topological polar surface area (TPSA) is 94.7 Å². The number of aromatic nitrogens is 3. The van der Waals surface area contributed by atoms with Gasteiger partial charge in [-0.3, -0.25) is 9.78 Å². The molecule has 2 saturated heterocycles. The fraction of sp³-hybridized carbons (Fsp3) is 0.429. The summed E-state index contributed by atoms with van der Waals surface area (Å²) in [6.45, 7) is 8.51. The van der Waals surface area contributed by atoms with E-state index < -0.39 is 0 Å². The van der Waals surface area contributed by atoms with Crippen molar-refractivity contribution in [3.8, 4) is 11.1 Å². The van der Waals surface area contributed by atoms with Gasteiger partial charge in [0.2, 0.25) is 5.95 Å². The molecule has 1 unspecified atom stereocenters. The molecule has 0 aliphatic carbocycles. The molecule has 2 N–H and O–H groups in total. The summed E-state index contributed by atoms with van der Waals surface area (Å²) >= 11 is 0. The average Bonchev–Trinajstić information content (AvgIpc) is 2.87. The van der Waals surface area contributed by atoms with Crippen molar-refractivity contribution < 1.29 is 4.79 Å². The number of nitrogens with zero attached hydrogens (tertiary/aromatic N) is 7. The van der Waals surface area contributed by atoms with Gasteiger partial charge in [0, 0.05) is 64.1 Å². The zero-order chi connectivity index (χ0) is 25.5. The highest BCUT2D eigenvalue weighted by molar-refractivity contribution is 5.94. The number of piperazine rings is 1. The van der Waals surface area contributed by atoms with Gasteiger partial charge in [-0.2, -0.15) is 9.97 Å². The highest BCUT2D eigenvalue weighted by Gasteiger charge is 2.27. The average molecular weight is 499 g/mol. The van der Waals surface area contributed by atoms with E-state index in [2.05, 4.69) is 67.9 Å². The van der Waals surface area contributed by atoms with Crippen LogP contribution < -0.4 is 15.5 Å². The van der Waals surface area contributed by atoms with Crippen LogP contribution in [0.5, 0.6) is 0 Å². The third-order valence-corrected chi connectivity index (χ3v) is 7.89. The largest absolute Gasteiger partial charge is 0.368 e. The number of likely N-dealkylation sites (tertiary alicyclic amines) is 1. The lowest BCUT2D eigenvalue weighted by atomic mass is 9.91. The summed E-state index contributed by atoms with van der Waals surface area (Å²) in [6.07, 6.45) is 3.73. The third-order valence-electron chi connectivity index (χ3n) is 7.89. The number of rotatable bonds is 4. The zero-order valence-electron chi connectivity index (χ0n) is 21.6. The molecular weight excluding hydrogens is 464 g/mol. The Labute approximate surface area is 217 Å². The highest BCUT2D eigenvalue weighted by atomic mass is 16.2. The van der Waals surface area contributed by atoms with Crippen molar-refractivity contribution in [3.05, 3.63) is 59.4 Å². The normalized spacial score (nSPS) is 19.9. The van der Waals surface area contributed by atoms with Gasteiger partial charge < -0.3 is 25.3 Å². The second kappa shape index (κ2) is 9.63. The second-order valence-electron chi connectivity index (χ2n) is 10.5. The standard InChI is InChI=1S/C28H34N8O/c1-19-14-20-4-5-21(22-6-7-30-24(16-22)27(37)35-8-3-9-35)15-23(20)18-36(19)26-17-25(31-28(29)32-26)34-12-10-33(2)11-13-34/h4-7,15-17,19H,3,8-14,18H2,1-2H3,(H2,29,31,32). The van der Waals surface area contributed by atoms with Crippen LogP contribution in [0.25, 0.3) is 11.1 Å². The van der Waals surface area contributed by atoms with Crippen LogP contribution in [0, 0.1) is 0 Å². The maximum atomic E-state index is 12.7.